The van der Waals surface area contributed by atoms with Crippen LogP contribution in [-0.2, 0) is 35.5 Å². The quantitative estimate of drug-likeness (QED) is 0.348. The van der Waals surface area contributed by atoms with E-state index in [0.29, 0.717) is 31.0 Å². The summed E-state index contributed by atoms with van der Waals surface area (Å²) in [6.07, 6.45) is -1.40. The molecule has 0 spiro atoms. The number of carbonyl (C=O) groups excluding carboxylic acids is 2. The fourth-order valence-electron chi connectivity index (χ4n) is 4.57. The maximum absolute atomic E-state index is 12.9. The number of esters is 1. The fourth-order valence-corrected chi connectivity index (χ4v) is 4.57. The van der Waals surface area contributed by atoms with E-state index in [1.807, 2.05) is 18.2 Å². The Labute approximate surface area is 218 Å². The van der Waals surface area contributed by atoms with E-state index in [1.54, 1.807) is 17.9 Å². The van der Waals surface area contributed by atoms with Gasteiger partial charge >= 0.3 is 12.3 Å². The summed E-state index contributed by atoms with van der Waals surface area (Å²) in [5.41, 5.74) is 5.58. The van der Waals surface area contributed by atoms with E-state index in [2.05, 4.69) is 21.6 Å². The molecule has 6 nitrogen and oxygen atoms in total. The number of aryl methyl sites for hydroxylation is 2. The molecule has 1 aliphatic carbocycles. The van der Waals surface area contributed by atoms with Gasteiger partial charge in [-0.1, -0.05) is 18.2 Å². The smallest absolute Gasteiger partial charge is 0.489 e. The van der Waals surface area contributed by atoms with E-state index in [-0.39, 0.29) is 17.6 Å². The molecule has 9 heteroatoms. The maximum atomic E-state index is 12.9. The Morgan fingerprint density at radius 3 is 2.34 bits per heavy atom. The predicted molar refractivity (Wildman–Crippen MR) is 135 cm³/mol. The Morgan fingerprint density at radius 2 is 1.68 bits per heavy atom. The highest BCUT2D eigenvalue weighted by atomic mass is 19.4. The Kier molecular flexibility index (Phi) is 8.24. The topological polar surface area (TPSA) is 65.1 Å². The number of rotatable bonds is 6. The van der Waals surface area contributed by atoms with Crippen molar-refractivity contribution in [1.29, 1.82) is 0 Å². The summed E-state index contributed by atoms with van der Waals surface area (Å²) in [7, 11) is 0. The third kappa shape index (κ3) is 6.65. The molecule has 0 unspecified atom stereocenters. The highest BCUT2D eigenvalue weighted by Crippen LogP contribution is 2.33. The molecule has 200 valence electrons. The van der Waals surface area contributed by atoms with Crippen LogP contribution in [0.2, 0.25) is 0 Å². The summed E-state index contributed by atoms with van der Waals surface area (Å²) in [4.78, 5) is 24.3. The molecule has 0 saturated heterocycles. The summed E-state index contributed by atoms with van der Waals surface area (Å²) in [5, 5.41) is 0. The van der Waals surface area contributed by atoms with E-state index < -0.39 is 6.36 Å². The van der Waals surface area contributed by atoms with Crippen LogP contribution < -0.4 is 14.4 Å². The first-order valence-electron chi connectivity index (χ1n) is 12.3. The van der Waals surface area contributed by atoms with Crippen molar-refractivity contribution in [3.05, 3.63) is 88.5 Å². The minimum atomic E-state index is -4.76. The lowest BCUT2D eigenvalue weighted by atomic mass is 10.0. The van der Waals surface area contributed by atoms with Crippen LogP contribution in [0.1, 0.15) is 52.9 Å². The van der Waals surface area contributed by atoms with Crippen molar-refractivity contribution in [1.82, 2.24) is 0 Å². The number of ether oxygens (including phenoxy) is 3. The Bertz CT molecular complexity index is 1300. The number of benzene rings is 3. The minimum Gasteiger partial charge on any atom is -0.489 e. The van der Waals surface area contributed by atoms with Crippen LogP contribution in [-0.4, -0.2) is 24.8 Å². The van der Waals surface area contributed by atoms with Crippen molar-refractivity contribution < 1.29 is 37.0 Å². The largest absolute Gasteiger partial charge is 0.573 e. The molecule has 2 aliphatic rings. The van der Waals surface area contributed by atoms with Crippen LogP contribution in [0.3, 0.4) is 0 Å². The molecule has 0 bridgehead atoms. The number of anilines is 1. The molecule has 0 saturated carbocycles. The molecule has 3 aromatic carbocycles. The highest BCUT2D eigenvalue weighted by Gasteiger charge is 2.32. The lowest BCUT2D eigenvalue weighted by Gasteiger charge is -2.17. The van der Waals surface area contributed by atoms with E-state index in [1.165, 1.54) is 48.7 Å². The monoisotopic (exact) mass is 527 g/mol. The lowest BCUT2D eigenvalue weighted by Crippen LogP contribution is -2.23. The summed E-state index contributed by atoms with van der Waals surface area (Å²) in [5.74, 6) is 0.0832. The molecule has 1 aliphatic heterocycles. The van der Waals surface area contributed by atoms with Gasteiger partial charge in [-0.15, -0.1) is 13.2 Å². The van der Waals surface area contributed by atoms with Crippen LogP contribution in [0.15, 0.2) is 60.7 Å². The summed E-state index contributed by atoms with van der Waals surface area (Å²) < 4.78 is 51.5. The molecular weight excluding hydrogens is 499 g/mol. The zero-order chi connectivity index (χ0) is 27.3. The van der Waals surface area contributed by atoms with Gasteiger partial charge in [0.1, 0.15) is 18.1 Å². The first-order valence-corrected chi connectivity index (χ1v) is 12.3. The SMILES string of the molecule is CCOC(C)=O.O=C1c2cccc(COc3ccc4c(c3)CCC4)c2CN1c1ccc(OC(F)(F)F)cc1. The molecular formula is C29H28F3NO5. The number of hydrogen-bond donors (Lipinski definition) is 0. The third-order valence-electron chi connectivity index (χ3n) is 6.26. The second-order valence-electron chi connectivity index (χ2n) is 8.87. The van der Waals surface area contributed by atoms with Gasteiger partial charge in [-0.2, -0.15) is 0 Å². The van der Waals surface area contributed by atoms with Crippen molar-refractivity contribution in [2.75, 3.05) is 11.5 Å². The van der Waals surface area contributed by atoms with Gasteiger partial charge in [0, 0.05) is 18.2 Å². The van der Waals surface area contributed by atoms with E-state index in [0.717, 1.165) is 29.7 Å². The minimum absolute atomic E-state index is 0.191. The van der Waals surface area contributed by atoms with Crippen LogP contribution in [0, 0.1) is 0 Å². The zero-order valence-corrected chi connectivity index (χ0v) is 21.1. The van der Waals surface area contributed by atoms with E-state index in [9.17, 15) is 22.8 Å². The summed E-state index contributed by atoms with van der Waals surface area (Å²) >= 11 is 0. The molecule has 0 N–H and O–H groups in total. The Hall–Kier alpha value is -4.01. The number of amides is 1. The number of hydrogen-bond acceptors (Lipinski definition) is 5. The van der Waals surface area contributed by atoms with Crippen LogP contribution >= 0.6 is 0 Å². The molecule has 1 heterocycles. The van der Waals surface area contributed by atoms with Gasteiger partial charge in [0.25, 0.3) is 5.91 Å². The molecule has 0 radical (unpaired) electrons. The first-order chi connectivity index (χ1) is 18.1. The normalized spacial score (nSPS) is 13.8. The number of halogens is 3. The summed E-state index contributed by atoms with van der Waals surface area (Å²) in [6, 6.07) is 17.0. The van der Waals surface area contributed by atoms with Crippen molar-refractivity contribution in [2.45, 2.75) is 52.6 Å². The second kappa shape index (κ2) is 11.6. The van der Waals surface area contributed by atoms with Gasteiger partial charge in [-0.3, -0.25) is 9.59 Å². The van der Waals surface area contributed by atoms with Crippen LogP contribution in [0.4, 0.5) is 18.9 Å². The maximum Gasteiger partial charge on any atom is 0.573 e. The van der Waals surface area contributed by atoms with Gasteiger partial charge < -0.3 is 19.1 Å². The summed E-state index contributed by atoms with van der Waals surface area (Å²) in [6.45, 7) is 4.32. The van der Waals surface area contributed by atoms with E-state index >= 15 is 0 Å². The molecule has 1 amide bonds. The predicted octanol–water partition coefficient (Wildman–Crippen LogP) is 6.38. The average Bonchev–Trinajstić information content (AvgIpc) is 3.47. The van der Waals surface area contributed by atoms with Gasteiger partial charge in [-0.25, -0.2) is 0 Å². The molecule has 3 aromatic rings. The fraction of sp³-hybridized carbons (Fsp3) is 0.310. The average molecular weight is 528 g/mol. The Balaban J connectivity index is 0.000000505. The molecule has 0 atom stereocenters. The molecule has 38 heavy (non-hydrogen) atoms. The van der Waals surface area contributed by atoms with Crippen molar-refractivity contribution in [3.8, 4) is 11.5 Å². The number of alkyl halides is 3. The first kappa shape index (κ1) is 27.0. The van der Waals surface area contributed by atoms with Crippen LogP contribution in [0.25, 0.3) is 0 Å². The lowest BCUT2D eigenvalue weighted by molar-refractivity contribution is -0.274. The molecule has 0 aromatic heterocycles. The number of nitrogens with zero attached hydrogens (tertiary/aromatic N) is 1. The number of fused-ring (bicyclic) bond motifs is 2. The van der Waals surface area contributed by atoms with Gasteiger partial charge in [0.05, 0.1) is 13.2 Å². The standard InChI is InChI=1S/C25H20F3NO3.C4H8O2/c26-25(27,28)32-20-11-8-19(9-12-20)29-14-23-18(5-2-6-22(23)24(29)30)15-31-21-10-7-16-3-1-4-17(16)13-21;1-3-6-4(2)5/h2,5-13H,1,3-4,14-15H2;3H2,1-2H3. The van der Waals surface area contributed by atoms with Crippen molar-refractivity contribution >= 4 is 17.6 Å². The number of carbonyl (C=O) groups is 2. The molecule has 0 fully saturated rings. The van der Waals surface area contributed by atoms with Gasteiger partial charge in [-0.05, 0) is 90.9 Å². The van der Waals surface area contributed by atoms with Gasteiger partial charge in [0.2, 0.25) is 0 Å². The van der Waals surface area contributed by atoms with Crippen molar-refractivity contribution in [3.63, 3.8) is 0 Å². The molecule has 5 rings (SSSR count). The second-order valence-corrected chi connectivity index (χ2v) is 8.87. The highest BCUT2D eigenvalue weighted by molar-refractivity contribution is 6.10. The van der Waals surface area contributed by atoms with Crippen molar-refractivity contribution in [2.24, 2.45) is 0 Å². The Morgan fingerprint density at radius 1 is 0.974 bits per heavy atom. The third-order valence-corrected chi connectivity index (χ3v) is 6.26. The van der Waals surface area contributed by atoms with E-state index in [4.69, 9.17) is 4.74 Å². The van der Waals surface area contributed by atoms with Gasteiger partial charge in [0.15, 0.2) is 0 Å². The van der Waals surface area contributed by atoms with Crippen LogP contribution in [0.5, 0.6) is 11.5 Å². The zero-order valence-electron chi connectivity index (χ0n) is 21.1.